The van der Waals surface area contributed by atoms with Gasteiger partial charge in [-0.25, -0.2) is 0 Å². The number of hydrogen-bond acceptors (Lipinski definition) is 4. The van der Waals surface area contributed by atoms with Gasteiger partial charge in [-0.3, -0.25) is 0 Å². The molecular formula is C15H13N3O. The lowest BCUT2D eigenvalue weighted by molar-refractivity contribution is 0.432. The Labute approximate surface area is 110 Å². The molecule has 0 saturated heterocycles. The minimum atomic E-state index is 0.520. The second-order valence-electron chi connectivity index (χ2n) is 4.36. The third kappa shape index (κ3) is 2.20. The number of nitrogens with two attached hydrogens (primary N) is 1. The van der Waals surface area contributed by atoms with E-state index in [4.69, 9.17) is 10.3 Å². The largest absolute Gasteiger partial charge is 0.399 e. The predicted octanol–water partition coefficient (Wildman–Crippen LogP) is 3.29. The molecule has 94 valence electrons. The van der Waals surface area contributed by atoms with E-state index in [2.05, 4.69) is 10.1 Å². The Morgan fingerprint density at radius 1 is 1.05 bits per heavy atom. The summed E-state index contributed by atoms with van der Waals surface area (Å²) in [6, 6.07) is 15.3. The van der Waals surface area contributed by atoms with Crippen LogP contribution in [0.4, 0.5) is 5.69 Å². The Kier molecular flexibility index (Phi) is 2.76. The highest BCUT2D eigenvalue weighted by Gasteiger charge is 2.11. The molecule has 3 aromatic rings. The summed E-state index contributed by atoms with van der Waals surface area (Å²) in [5.41, 5.74) is 9.34. The molecule has 0 atom stereocenters. The van der Waals surface area contributed by atoms with Gasteiger partial charge >= 0.3 is 0 Å². The molecule has 0 bridgehead atoms. The Morgan fingerprint density at radius 2 is 1.84 bits per heavy atom. The smallest absolute Gasteiger partial charge is 0.258 e. The summed E-state index contributed by atoms with van der Waals surface area (Å²) in [7, 11) is 0. The first kappa shape index (κ1) is 11.5. The molecular weight excluding hydrogens is 238 g/mol. The van der Waals surface area contributed by atoms with E-state index in [1.807, 2.05) is 55.5 Å². The molecule has 2 aromatic carbocycles. The monoisotopic (exact) mass is 251 g/mol. The van der Waals surface area contributed by atoms with E-state index < -0.39 is 0 Å². The number of anilines is 1. The number of hydrogen-bond donors (Lipinski definition) is 1. The maximum Gasteiger partial charge on any atom is 0.258 e. The summed E-state index contributed by atoms with van der Waals surface area (Å²) in [4.78, 5) is 4.42. The molecule has 0 fully saturated rings. The highest BCUT2D eigenvalue weighted by atomic mass is 16.5. The average molecular weight is 251 g/mol. The standard InChI is InChI=1S/C15H13N3O/c1-10-9-12(16)7-8-13(10)14-17-15(19-18-14)11-5-3-2-4-6-11/h2-9H,16H2,1H3. The van der Waals surface area contributed by atoms with Gasteiger partial charge in [0.15, 0.2) is 0 Å². The Morgan fingerprint density at radius 3 is 2.58 bits per heavy atom. The minimum Gasteiger partial charge on any atom is -0.399 e. The SMILES string of the molecule is Cc1cc(N)ccc1-c1noc(-c2ccccc2)n1. The van der Waals surface area contributed by atoms with Gasteiger partial charge in [0.05, 0.1) is 0 Å². The third-order valence-electron chi connectivity index (χ3n) is 2.94. The van der Waals surface area contributed by atoms with Crippen molar-refractivity contribution in [3.8, 4) is 22.8 Å². The molecule has 0 aliphatic heterocycles. The number of rotatable bonds is 2. The predicted molar refractivity (Wildman–Crippen MR) is 74.3 cm³/mol. The lowest BCUT2D eigenvalue weighted by Crippen LogP contribution is -1.89. The van der Waals surface area contributed by atoms with Crippen molar-refractivity contribution in [1.82, 2.24) is 10.1 Å². The van der Waals surface area contributed by atoms with Crippen LogP contribution in [0.5, 0.6) is 0 Å². The molecule has 0 aliphatic carbocycles. The van der Waals surface area contributed by atoms with Crippen molar-refractivity contribution in [2.24, 2.45) is 0 Å². The van der Waals surface area contributed by atoms with Gasteiger partial charge < -0.3 is 10.3 Å². The van der Waals surface area contributed by atoms with Crippen molar-refractivity contribution < 1.29 is 4.52 Å². The van der Waals surface area contributed by atoms with Crippen LogP contribution in [-0.4, -0.2) is 10.1 Å². The van der Waals surface area contributed by atoms with Crippen molar-refractivity contribution in [1.29, 1.82) is 0 Å². The first-order valence-corrected chi connectivity index (χ1v) is 5.99. The molecule has 0 aliphatic rings. The van der Waals surface area contributed by atoms with E-state index in [0.717, 1.165) is 22.4 Å². The van der Waals surface area contributed by atoms with Crippen LogP contribution >= 0.6 is 0 Å². The van der Waals surface area contributed by atoms with E-state index >= 15 is 0 Å². The first-order valence-electron chi connectivity index (χ1n) is 5.99. The van der Waals surface area contributed by atoms with Gasteiger partial charge in [-0.2, -0.15) is 4.98 Å². The topological polar surface area (TPSA) is 64.9 Å². The van der Waals surface area contributed by atoms with Gasteiger partial charge in [0.2, 0.25) is 5.82 Å². The summed E-state index contributed by atoms with van der Waals surface area (Å²) in [5.74, 6) is 1.10. The number of aryl methyl sites for hydroxylation is 1. The van der Waals surface area contributed by atoms with Crippen LogP contribution in [-0.2, 0) is 0 Å². The van der Waals surface area contributed by atoms with Crippen molar-refractivity contribution >= 4 is 5.69 Å². The van der Waals surface area contributed by atoms with Gasteiger partial charge in [-0.05, 0) is 42.8 Å². The maximum absolute atomic E-state index is 5.74. The Hall–Kier alpha value is -2.62. The fourth-order valence-corrected chi connectivity index (χ4v) is 1.97. The van der Waals surface area contributed by atoms with Crippen LogP contribution in [0, 0.1) is 6.92 Å². The summed E-state index contributed by atoms with van der Waals surface area (Å²) >= 11 is 0. The molecule has 0 radical (unpaired) electrons. The molecule has 1 heterocycles. The van der Waals surface area contributed by atoms with E-state index in [0.29, 0.717) is 11.7 Å². The van der Waals surface area contributed by atoms with Crippen molar-refractivity contribution in [2.45, 2.75) is 6.92 Å². The molecule has 19 heavy (non-hydrogen) atoms. The zero-order valence-corrected chi connectivity index (χ0v) is 10.5. The van der Waals surface area contributed by atoms with Gasteiger partial charge in [0.25, 0.3) is 5.89 Å². The molecule has 0 amide bonds. The van der Waals surface area contributed by atoms with Gasteiger partial charge in [-0.1, -0.05) is 23.4 Å². The van der Waals surface area contributed by atoms with E-state index in [1.165, 1.54) is 0 Å². The summed E-state index contributed by atoms with van der Waals surface area (Å²) in [6.07, 6.45) is 0. The Bertz CT molecular complexity index is 704. The van der Waals surface area contributed by atoms with Crippen LogP contribution in [0.15, 0.2) is 53.1 Å². The molecule has 0 spiro atoms. The van der Waals surface area contributed by atoms with Crippen molar-refractivity contribution in [2.75, 3.05) is 5.73 Å². The van der Waals surface area contributed by atoms with Gasteiger partial charge in [0.1, 0.15) is 0 Å². The second-order valence-corrected chi connectivity index (χ2v) is 4.36. The molecule has 4 nitrogen and oxygen atoms in total. The maximum atomic E-state index is 5.74. The second kappa shape index (κ2) is 4.57. The summed E-state index contributed by atoms with van der Waals surface area (Å²) in [5, 5.41) is 4.03. The lowest BCUT2D eigenvalue weighted by Gasteiger charge is -2.01. The quantitative estimate of drug-likeness (QED) is 0.710. The van der Waals surface area contributed by atoms with Gasteiger partial charge in [-0.15, -0.1) is 0 Å². The Balaban J connectivity index is 2.02. The average Bonchev–Trinajstić information content (AvgIpc) is 2.89. The van der Waals surface area contributed by atoms with Gasteiger partial charge in [0, 0.05) is 16.8 Å². The van der Waals surface area contributed by atoms with Crippen molar-refractivity contribution in [3.05, 3.63) is 54.1 Å². The van der Waals surface area contributed by atoms with Crippen LogP contribution in [0.25, 0.3) is 22.8 Å². The van der Waals surface area contributed by atoms with E-state index in [9.17, 15) is 0 Å². The highest BCUT2D eigenvalue weighted by molar-refractivity contribution is 5.65. The highest BCUT2D eigenvalue weighted by Crippen LogP contribution is 2.25. The molecule has 4 heteroatoms. The zero-order chi connectivity index (χ0) is 13.2. The number of aromatic nitrogens is 2. The van der Waals surface area contributed by atoms with Crippen LogP contribution in [0.1, 0.15) is 5.56 Å². The molecule has 0 unspecified atom stereocenters. The summed E-state index contributed by atoms with van der Waals surface area (Å²) < 4.78 is 5.30. The van der Waals surface area contributed by atoms with Crippen LogP contribution in [0.2, 0.25) is 0 Å². The third-order valence-corrected chi connectivity index (χ3v) is 2.94. The first-order chi connectivity index (χ1) is 9.24. The fraction of sp³-hybridized carbons (Fsp3) is 0.0667. The molecule has 1 aromatic heterocycles. The van der Waals surface area contributed by atoms with Crippen molar-refractivity contribution in [3.63, 3.8) is 0 Å². The molecule has 0 saturated carbocycles. The number of nitrogens with zero attached hydrogens (tertiary/aromatic N) is 2. The zero-order valence-electron chi connectivity index (χ0n) is 10.5. The van der Waals surface area contributed by atoms with Crippen LogP contribution in [0.3, 0.4) is 0 Å². The number of nitrogen functional groups attached to an aromatic ring is 1. The normalized spacial score (nSPS) is 10.6. The molecule has 2 N–H and O–H groups in total. The minimum absolute atomic E-state index is 0.520. The van der Waals surface area contributed by atoms with E-state index in [-0.39, 0.29) is 0 Å². The summed E-state index contributed by atoms with van der Waals surface area (Å²) in [6.45, 7) is 1.98. The lowest BCUT2D eigenvalue weighted by atomic mass is 10.1. The molecule has 3 rings (SSSR count). The fourth-order valence-electron chi connectivity index (χ4n) is 1.97. The van der Waals surface area contributed by atoms with E-state index in [1.54, 1.807) is 0 Å². The van der Waals surface area contributed by atoms with Crippen LogP contribution < -0.4 is 5.73 Å². The number of benzene rings is 2.